The van der Waals surface area contributed by atoms with Gasteiger partial charge in [0, 0.05) is 31.0 Å². The number of para-hydroxylation sites is 1. The fraction of sp³-hybridized carbons (Fsp3) is 0.588. The van der Waals surface area contributed by atoms with Crippen molar-refractivity contribution in [2.75, 3.05) is 25.4 Å². The second-order valence-corrected chi connectivity index (χ2v) is 8.57. The summed E-state index contributed by atoms with van der Waals surface area (Å²) < 4.78 is 30.9. The first-order valence-electron chi connectivity index (χ1n) is 8.51. The summed E-state index contributed by atoms with van der Waals surface area (Å²) in [4.78, 5) is 12.6. The molecule has 0 saturated carbocycles. The highest BCUT2D eigenvalue weighted by Gasteiger charge is 2.32. The highest BCUT2D eigenvalue weighted by Crippen LogP contribution is 2.32. The maximum absolute atomic E-state index is 12.6. The molecule has 3 rings (SSSR count). The van der Waals surface area contributed by atoms with Gasteiger partial charge in [-0.2, -0.15) is 0 Å². The minimum absolute atomic E-state index is 0.0187. The van der Waals surface area contributed by atoms with Gasteiger partial charge < -0.3 is 10.1 Å². The van der Waals surface area contributed by atoms with E-state index < -0.39 is 10.0 Å². The molecule has 1 amide bonds. The van der Waals surface area contributed by atoms with Crippen LogP contribution in [-0.2, 0) is 14.8 Å². The third-order valence-corrected chi connectivity index (χ3v) is 6.74. The number of hydrogen-bond acceptors (Lipinski definition) is 4. The summed E-state index contributed by atoms with van der Waals surface area (Å²) >= 11 is 0. The van der Waals surface area contributed by atoms with Gasteiger partial charge in [0.15, 0.2) is 0 Å². The maximum Gasteiger partial charge on any atom is 0.223 e. The lowest BCUT2D eigenvalue weighted by Gasteiger charge is -2.32. The Morgan fingerprint density at radius 3 is 2.67 bits per heavy atom. The van der Waals surface area contributed by atoms with Crippen molar-refractivity contribution < 1.29 is 17.9 Å². The Morgan fingerprint density at radius 1 is 1.25 bits per heavy atom. The van der Waals surface area contributed by atoms with Gasteiger partial charge in [0.2, 0.25) is 15.9 Å². The zero-order valence-corrected chi connectivity index (χ0v) is 14.7. The number of fused-ring (bicyclic) bond motifs is 1. The van der Waals surface area contributed by atoms with E-state index in [9.17, 15) is 13.2 Å². The number of hydrogen-bond donors (Lipinski definition) is 1. The molecule has 1 fully saturated rings. The smallest absolute Gasteiger partial charge is 0.223 e. The Labute approximate surface area is 143 Å². The van der Waals surface area contributed by atoms with Gasteiger partial charge in [-0.25, -0.2) is 12.7 Å². The van der Waals surface area contributed by atoms with Crippen LogP contribution in [-0.4, -0.2) is 44.1 Å². The minimum atomic E-state index is -3.15. The molecule has 2 aliphatic heterocycles. The van der Waals surface area contributed by atoms with E-state index >= 15 is 0 Å². The monoisotopic (exact) mass is 352 g/mol. The van der Waals surface area contributed by atoms with E-state index in [0.29, 0.717) is 32.5 Å². The molecule has 0 unspecified atom stereocenters. The molecule has 0 radical (unpaired) electrons. The van der Waals surface area contributed by atoms with Crippen LogP contribution in [0.5, 0.6) is 5.75 Å². The van der Waals surface area contributed by atoms with E-state index in [1.54, 1.807) is 6.92 Å². The largest absolute Gasteiger partial charge is 0.493 e. The molecule has 0 aromatic heterocycles. The molecular weight excluding hydrogens is 328 g/mol. The van der Waals surface area contributed by atoms with Gasteiger partial charge in [0.25, 0.3) is 0 Å². The summed E-state index contributed by atoms with van der Waals surface area (Å²) in [6.07, 6.45) is 1.91. The Balaban J connectivity index is 1.60. The summed E-state index contributed by atoms with van der Waals surface area (Å²) in [6, 6.07) is 7.74. The van der Waals surface area contributed by atoms with Crippen LogP contribution in [0.15, 0.2) is 24.3 Å². The topological polar surface area (TPSA) is 75.7 Å². The molecule has 132 valence electrons. The minimum Gasteiger partial charge on any atom is -0.493 e. The average molecular weight is 352 g/mol. The van der Waals surface area contributed by atoms with E-state index in [-0.39, 0.29) is 23.6 Å². The summed E-state index contributed by atoms with van der Waals surface area (Å²) in [5.74, 6) is 0.842. The number of amides is 1. The van der Waals surface area contributed by atoms with Crippen molar-refractivity contribution in [1.29, 1.82) is 0 Å². The SMILES string of the molecule is CCS(=O)(=O)N1CCC(C(=O)N[C@@H]2CCOc3ccccc32)CC1. The van der Waals surface area contributed by atoms with Crippen LogP contribution >= 0.6 is 0 Å². The number of nitrogens with zero attached hydrogens (tertiary/aromatic N) is 1. The molecule has 6 nitrogen and oxygen atoms in total. The molecule has 24 heavy (non-hydrogen) atoms. The number of ether oxygens (including phenoxy) is 1. The Bertz CT molecular complexity index is 696. The number of benzene rings is 1. The lowest BCUT2D eigenvalue weighted by atomic mass is 9.95. The molecule has 2 heterocycles. The van der Waals surface area contributed by atoms with Gasteiger partial charge in [0.1, 0.15) is 5.75 Å². The number of carbonyl (C=O) groups excluding carboxylic acids is 1. The molecular formula is C17H24N2O4S. The number of rotatable bonds is 4. The molecule has 0 bridgehead atoms. The Kier molecular flexibility index (Phi) is 5.10. The van der Waals surface area contributed by atoms with E-state index in [1.807, 2.05) is 24.3 Å². The fourth-order valence-electron chi connectivity index (χ4n) is 3.36. The van der Waals surface area contributed by atoms with Gasteiger partial charge in [-0.1, -0.05) is 18.2 Å². The van der Waals surface area contributed by atoms with Crippen LogP contribution in [0.2, 0.25) is 0 Å². The molecule has 1 aromatic rings. The van der Waals surface area contributed by atoms with Gasteiger partial charge in [-0.3, -0.25) is 4.79 Å². The van der Waals surface area contributed by atoms with E-state index in [0.717, 1.165) is 17.7 Å². The molecule has 0 aliphatic carbocycles. The molecule has 7 heteroatoms. The first kappa shape index (κ1) is 17.2. The van der Waals surface area contributed by atoms with Crippen molar-refractivity contribution in [2.24, 2.45) is 5.92 Å². The number of piperidine rings is 1. The summed E-state index contributed by atoms with van der Waals surface area (Å²) in [7, 11) is -3.15. The summed E-state index contributed by atoms with van der Waals surface area (Å²) in [5, 5.41) is 3.13. The van der Waals surface area contributed by atoms with Crippen molar-refractivity contribution in [1.82, 2.24) is 9.62 Å². The third-order valence-electron chi connectivity index (χ3n) is 4.86. The van der Waals surface area contributed by atoms with Crippen LogP contribution in [0, 0.1) is 5.92 Å². The zero-order chi connectivity index (χ0) is 17.2. The van der Waals surface area contributed by atoms with Crippen molar-refractivity contribution >= 4 is 15.9 Å². The first-order chi connectivity index (χ1) is 11.5. The van der Waals surface area contributed by atoms with Crippen LogP contribution < -0.4 is 10.1 Å². The Morgan fingerprint density at radius 2 is 1.96 bits per heavy atom. The first-order valence-corrected chi connectivity index (χ1v) is 10.1. The summed E-state index contributed by atoms with van der Waals surface area (Å²) in [6.45, 7) is 3.10. The van der Waals surface area contributed by atoms with Gasteiger partial charge in [-0.15, -0.1) is 0 Å². The molecule has 0 spiro atoms. The van der Waals surface area contributed by atoms with Gasteiger partial charge in [-0.05, 0) is 25.8 Å². The van der Waals surface area contributed by atoms with Crippen molar-refractivity contribution in [3.8, 4) is 5.75 Å². The lowest BCUT2D eigenvalue weighted by Crippen LogP contribution is -2.44. The Hall–Kier alpha value is -1.60. The summed E-state index contributed by atoms with van der Waals surface area (Å²) in [5.41, 5.74) is 1.02. The normalized spacial score (nSPS) is 22.5. The number of nitrogens with one attached hydrogen (secondary N) is 1. The van der Waals surface area contributed by atoms with Crippen molar-refractivity contribution in [2.45, 2.75) is 32.2 Å². The van der Waals surface area contributed by atoms with E-state index in [2.05, 4.69) is 5.32 Å². The highest BCUT2D eigenvalue weighted by molar-refractivity contribution is 7.89. The van der Waals surface area contributed by atoms with E-state index in [4.69, 9.17) is 4.74 Å². The molecule has 1 aromatic carbocycles. The van der Waals surface area contributed by atoms with Crippen LogP contribution in [0.3, 0.4) is 0 Å². The standard InChI is InChI=1S/C17H24N2O4S/c1-2-24(21,22)19-10-7-13(8-11-19)17(20)18-15-9-12-23-16-6-4-3-5-14(15)16/h3-6,13,15H,2,7-12H2,1H3,(H,18,20)/t15-/m1/s1. The van der Waals surface area contributed by atoms with Crippen LogP contribution in [0.4, 0.5) is 0 Å². The van der Waals surface area contributed by atoms with Crippen LogP contribution in [0.25, 0.3) is 0 Å². The number of sulfonamides is 1. The predicted molar refractivity (Wildman–Crippen MR) is 91.2 cm³/mol. The lowest BCUT2D eigenvalue weighted by molar-refractivity contribution is -0.127. The average Bonchev–Trinajstić information content (AvgIpc) is 2.62. The second-order valence-electron chi connectivity index (χ2n) is 6.31. The van der Waals surface area contributed by atoms with Crippen LogP contribution in [0.1, 0.15) is 37.8 Å². The van der Waals surface area contributed by atoms with Gasteiger partial charge >= 0.3 is 0 Å². The highest BCUT2D eigenvalue weighted by atomic mass is 32.2. The van der Waals surface area contributed by atoms with E-state index in [1.165, 1.54) is 4.31 Å². The quantitative estimate of drug-likeness (QED) is 0.895. The molecule has 1 saturated heterocycles. The maximum atomic E-state index is 12.6. The number of carbonyl (C=O) groups is 1. The molecule has 1 atom stereocenters. The van der Waals surface area contributed by atoms with Gasteiger partial charge in [0.05, 0.1) is 18.4 Å². The zero-order valence-electron chi connectivity index (χ0n) is 13.9. The second kappa shape index (κ2) is 7.11. The van der Waals surface area contributed by atoms with Crippen molar-refractivity contribution in [3.63, 3.8) is 0 Å². The predicted octanol–water partition coefficient (Wildman–Crippen LogP) is 1.69. The fourth-order valence-corrected chi connectivity index (χ4v) is 4.49. The van der Waals surface area contributed by atoms with Crippen molar-refractivity contribution in [3.05, 3.63) is 29.8 Å². The third kappa shape index (κ3) is 3.57. The molecule has 2 aliphatic rings. The molecule has 1 N–H and O–H groups in total.